The highest BCUT2D eigenvalue weighted by molar-refractivity contribution is 7.90. The third kappa shape index (κ3) is 4.08. The van der Waals surface area contributed by atoms with Crippen LogP contribution in [0.15, 0.2) is 29.2 Å². The Bertz CT molecular complexity index is 914. The highest BCUT2D eigenvalue weighted by Gasteiger charge is 2.48. The van der Waals surface area contributed by atoms with Gasteiger partial charge in [-0.25, -0.2) is 17.9 Å². The fourth-order valence-corrected chi connectivity index (χ4v) is 5.75. The van der Waals surface area contributed by atoms with Crippen molar-refractivity contribution >= 4 is 33.6 Å². The predicted molar refractivity (Wildman–Crippen MR) is 110 cm³/mol. The Kier molecular flexibility index (Phi) is 5.81. The minimum atomic E-state index is -4.05. The van der Waals surface area contributed by atoms with E-state index in [4.69, 9.17) is 0 Å². The maximum Gasteiger partial charge on any atom is 0.328 e. The number of hydrogen-bond donors (Lipinski definition) is 2. The van der Waals surface area contributed by atoms with E-state index in [0.29, 0.717) is 5.69 Å². The van der Waals surface area contributed by atoms with Gasteiger partial charge in [0, 0.05) is 6.04 Å². The van der Waals surface area contributed by atoms with Crippen LogP contribution < -0.4 is 14.9 Å². The molecule has 8 nitrogen and oxygen atoms in total. The van der Waals surface area contributed by atoms with E-state index >= 15 is 0 Å². The van der Waals surface area contributed by atoms with E-state index in [1.807, 2.05) is 4.72 Å². The Morgan fingerprint density at radius 3 is 1.93 bits per heavy atom. The molecule has 0 aromatic heterocycles. The quantitative estimate of drug-likeness (QED) is 0.709. The summed E-state index contributed by atoms with van der Waals surface area (Å²) in [6.07, 6.45) is 8.21. The van der Waals surface area contributed by atoms with Crippen LogP contribution in [0.2, 0.25) is 0 Å². The van der Waals surface area contributed by atoms with Crippen LogP contribution >= 0.6 is 0 Å². The summed E-state index contributed by atoms with van der Waals surface area (Å²) in [4.78, 5) is 38.6. The maximum absolute atomic E-state index is 12.7. The molecule has 4 rings (SSSR count). The molecule has 1 saturated heterocycles. The Morgan fingerprint density at radius 1 is 0.833 bits per heavy atom. The van der Waals surface area contributed by atoms with E-state index in [1.54, 1.807) is 0 Å². The van der Waals surface area contributed by atoms with Gasteiger partial charge in [-0.05, 0) is 49.9 Å². The molecule has 0 radical (unpaired) electrons. The number of sulfonamides is 1. The van der Waals surface area contributed by atoms with Crippen LogP contribution in [0.4, 0.5) is 10.5 Å². The Balaban J connectivity index is 1.44. The molecule has 162 valence electrons. The molecule has 2 unspecified atom stereocenters. The molecule has 9 heteroatoms. The second kappa shape index (κ2) is 8.37. The zero-order valence-electron chi connectivity index (χ0n) is 16.8. The highest BCUT2D eigenvalue weighted by atomic mass is 32.2. The van der Waals surface area contributed by atoms with Gasteiger partial charge in [0.15, 0.2) is 0 Å². The number of hydrogen-bond acceptors (Lipinski definition) is 5. The minimum Gasteiger partial charge on any atom is -0.335 e. The Labute approximate surface area is 176 Å². The fraction of sp³-hybridized carbons (Fsp3) is 0.571. The predicted octanol–water partition coefficient (Wildman–Crippen LogP) is 2.69. The average molecular weight is 434 g/mol. The number of imide groups is 1. The summed E-state index contributed by atoms with van der Waals surface area (Å²) < 4.78 is 27.1. The van der Waals surface area contributed by atoms with E-state index in [-0.39, 0.29) is 34.6 Å². The van der Waals surface area contributed by atoms with Crippen molar-refractivity contribution in [2.24, 2.45) is 11.8 Å². The highest BCUT2D eigenvalue weighted by Crippen LogP contribution is 2.40. The van der Waals surface area contributed by atoms with E-state index in [0.717, 1.165) is 57.8 Å². The first kappa shape index (κ1) is 20.8. The third-order valence-corrected chi connectivity index (χ3v) is 7.76. The molecule has 1 heterocycles. The van der Waals surface area contributed by atoms with Crippen molar-refractivity contribution in [2.45, 2.75) is 68.7 Å². The van der Waals surface area contributed by atoms with Crippen LogP contribution in [-0.4, -0.2) is 32.3 Å². The maximum atomic E-state index is 12.7. The molecule has 3 aliphatic rings. The van der Waals surface area contributed by atoms with Crippen molar-refractivity contribution in [1.82, 2.24) is 10.0 Å². The van der Waals surface area contributed by atoms with Gasteiger partial charge < -0.3 is 5.32 Å². The molecule has 2 N–H and O–H groups in total. The van der Waals surface area contributed by atoms with Crippen molar-refractivity contribution in [2.75, 3.05) is 4.90 Å². The van der Waals surface area contributed by atoms with Gasteiger partial charge in [-0.2, -0.15) is 0 Å². The number of amides is 4. The lowest BCUT2D eigenvalue weighted by atomic mass is 9.81. The zero-order valence-corrected chi connectivity index (χ0v) is 17.6. The zero-order chi connectivity index (χ0) is 21.3. The van der Waals surface area contributed by atoms with Gasteiger partial charge >= 0.3 is 6.03 Å². The van der Waals surface area contributed by atoms with E-state index in [1.165, 1.54) is 29.2 Å². The van der Waals surface area contributed by atoms with Crippen molar-refractivity contribution in [1.29, 1.82) is 0 Å². The number of anilines is 1. The van der Waals surface area contributed by atoms with Crippen molar-refractivity contribution < 1.29 is 22.8 Å². The third-order valence-electron chi connectivity index (χ3n) is 6.41. The summed E-state index contributed by atoms with van der Waals surface area (Å²) in [5.41, 5.74) is 0.366. The number of fused-ring (bicyclic) bond motifs is 1. The molecule has 4 amide bonds. The molecule has 2 saturated carbocycles. The topological polar surface area (TPSA) is 113 Å². The Hall–Kier alpha value is -2.42. The average Bonchev–Trinajstić information content (AvgIpc) is 2.99. The normalized spacial score (nSPS) is 25.1. The SMILES string of the molecule is O=C(NC1CCCCC1)NS(=O)(=O)c1ccc(N2C(=O)C3CCCCC3C2=O)cc1. The largest absolute Gasteiger partial charge is 0.335 e. The number of nitrogens with one attached hydrogen (secondary N) is 2. The van der Waals surface area contributed by atoms with Crippen molar-refractivity contribution in [3.63, 3.8) is 0 Å². The summed E-state index contributed by atoms with van der Waals surface area (Å²) >= 11 is 0. The molecule has 2 aliphatic carbocycles. The van der Waals surface area contributed by atoms with E-state index in [2.05, 4.69) is 5.32 Å². The lowest BCUT2D eigenvalue weighted by Gasteiger charge is -2.22. The Morgan fingerprint density at radius 2 is 1.37 bits per heavy atom. The number of nitrogens with zero attached hydrogens (tertiary/aromatic N) is 1. The van der Waals surface area contributed by atoms with Crippen LogP contribution in [0.1, 0.15) is 57.8 Å². The van der Waals surface area contributed by atoms with E-state index in [9.17, 15) is 22.8 Å². The molecular weight excluding hydrogens is 406 g/mol. The molecule has 1 aliphatic heterocycles. The van der Waals surface area contributed by atoms with Crippen LogP contribution in [0.5, 0.6) is 0 Å². The molecule has 0 bridgehead atoms. The number of carbonyl (C=O) groups is 3. The lowest BCUT2D eigenvalue weighted by Crippen LogP contribution is -2.45. The first-order valence-electron chi connectivity index (χ1n) is 10.7. The molecule has 1 aromatic carbocycles. The molecule has 0 spiro atoms. The van der Waals surface area contributed by atoms with Gasteiger partial charge in [-0.1, -0.05) is 32.1 Å². The number of carbonyl (C=O) groups excluding carboxylic acids is 3. The molecule has 2 atom stereocenters. The lowest BCUT2D eigenvalue weighted by molar-refractivity contribution is -0.122. The van der Waals surface area contributed by atoms with Crippen molar-refractivity contribution in [3.05, 3.63) is 24.3 Å². The monoisotopic (exact) mass is 433 g/mol. The molecule has 3 fully saturated rings. The standard InChI is InChI=1S/C21H27N3O5S/c25-19-17-8-4-5-9-18(17)20(26)24(19)15-10-12-16(13-11-15)30(28,29)23-21(27)22-14-6-2-1-3-7-14/h10-14,17-18H,1-9H2,(H2,22,23,27). The first-order chi connectivity index (χ1) is 14.4. The minimum absolute atomic E-state index is 0.00736. The second-order valence-electron chi connectivity index (χ2n) is 8.42. The van der Waals surface area contributed by atoms with Gasteiger partial charge in [-0.15, -0.1) is 0 Å². The van der Waals surface area contributed by atoms with E-state index < -0.39 is 16.1 Å². The molecular formula is C21H27N3O5S. The second-order valence-corrected chi connectivity index (χ2v) is 10.1. The smallest absolute Gasteiger partial charge is 0.328 e. The molecule has 30 heavy (non-hydrogen) atoms. The summed E-state index contributed by atoms with van der Waals surface area (Å²) in [6, 6.07) is 4.77. The van der Waals surface area contributed by atoms with Crippen LogP contribution in [-0.2, 0) is 19.6 Å². The van der Waals surface area contributed by atoms with Crippen LogP contribution in [0.3, 0.4) is 0 Å². The van der Waals surface area contributed by atoms with Gasteiger partial charge in [0.1, 0.15) is 0 Å². The molecule has 1 aromatic rings. The summed E-state index contributed by atoms with van der Waals surface area (Å²) in [5.74, 6) is -0.935. The first-order valence-corrected chi connectivity index (χ1v) is 12.2. The number of benzene rings is 1. The van der Waals surface area contributed by atoms with Gasteiger partial charge in [-0.3, -0.25) is 14.5 Å². The van der Waals surface area contributed by atoms with Gasteiger partial charge in [0.2, 0.25) is 11.8 Å². The fourth-order valence-electron chi connectivity index (χ4n) is 4.83. The number of urea groups is 1. The van der Waals surface area contributed by atoms with Gasteiger partial charge in [0.25, 0.3) is 10.0 Å². The summed E-state index contributed by atoms with van der Waals surface area (Å²) in [6.45, 7) is 0. The van der Waals surface area contributed by atoms with Crippen molar-refractivity contribution in [3.8, 4) is 0 Å². The summed E-state index contributed by atoms with van der Waals surface area (Å²) in [7, 11) is -4.05. The summed E-state index contributed by atoms with van der Waals surface area (Å²) in [5, 5.41) is 2.71. The number of rotatable bonds is 4. The van der Waals surface area contributed by atoms with Crippen LogP contribution in [0.25, 0.3) is 0 Å². The van der Waals surface area contributed by atoms with Gasteiger partial charge in [0.05, 0.1) is 22.4 Å². The van der Waals surface area contributed by atoms with Crippen LogP contribution in [0, 0.1) is 11.8 Å².